The summed E-state index contributed by atoms with van der Waals surface area (Å²) in [5.74, 6) is 0.791. The van der Waals surface area contributed by atoms with Crippen LogP contribution in [-0.4, -0.2) is 37.3 Å². The summed E-state index contributed by atoms with van der Waals surface area (Å²) in [6.45, 7) is 0.890. The van der Waals surface area contributed by atoms with Crippen LogP contribution in [0.1, 0.15) is 68.1 Å². The summed E-state index contributed by atoms with van der Waals surface area (Å²) >= 11 is 0. The van der Waals surface area contributed by atoms with Gasteiger partial charge < -0.3 is 4.90 Å². The number of piperidine rings is 1. The molecule has 1 aliphatic heterocycles. The van der Waals surface area contributed by atoms with Crippen LogP contribution in [0.2, 0.25) is 0 Å². The van der Waals surface area contributed by atoms with E-state index >= 15 is 0 Å². The van der Waals surface area contributed by atoms with Crippen molar-refractivity contribution in [2.75, 3.05) is 6.54 Å². The highest BCUT2D eigenvalue weighted by Crippen LogP contribution is 2.40. The van der Waals surface area contributed by atoms with Crippen LogP contribution in [-0.2, 0) is 0 Å². The molecule has 23 heavy (non-hydrogen) atoms. The third-order valence-corrected chi connectivity index (χ3v) is 5.62. The Morgan fingerprint density at radius 2 is 1.74 bits per heavy atom. The van der Waals surface area contributed by atoms with Crippen LogP contribution in [0.5, 0.6) is 0 Å². The fourth-order valence-corrected chi connectivity index (χ4v) is 4.40. The minimum atomic E-state index is 0.0930. The molecule has 1 saturated carbocycles. The molecule has 0 N–H and O–H groups in total. The number of amides is 1. The highest BCUT2D eigenvalue weighted by Gasteiger charge is 2.41. The molecule has 1 spiro atoms. The van der Waals surface area contributed by atoms with Crippen molar-refractivity contribution < 1.29 is 4.79 Å². The van der Waals surface area contributed by atoms with Gasteiger partial charge in [-0.25, -0.2) is 9.97 Å². The lowest BCUT2D eigenvalue weighted by atomic mass is 9.80. The van der Waals surface area contributed by atoms with Crippen molar-refractivity contribution in [3.8, 4) is 0 Å². The Balaban J connectivity index is 1.66. The molecule has 2 aliphatic rings. The molecule has 2 aromatic rings. The first kappa shape index (κ1) is 14.7. The average molecular weight is 312 g/mol. The van der Waals surface area contributed by atoms with Crippen molar-refractivity contribution in [2.24, 2.45) is 0 Å². The largest absolute Gasteiger partial charge is 0.333 e. The van der Waals surface area contributed by atoms with Crippen LogP contribution in [0.4, 0.5) is 0 Å². The first-order valence-corrected chi connectivity index (χ1v) is 8.89. The molecule has 0 unspecified atom stereocenters. The zero-order valence-corrected chi connectivity index (χ0v) is 13.6. The number of aromatic nitrogens is 3. The fraction of sp³-hybridized carbons (Fsp3) is 0.611. The van der Waals surface area contributed by atoms with Gasteiger partial charge in [-0.05, 0) is 32.1 Å². The summed E-state index contributed by atoms with van der Waals surface area (Å²) in [6.07, 6.45) is 18.1. The molecule has 2 aromatic heterocycles. The Hall–Kier alpha value is -1.91. The number of likely N-dealkylation sites (tertiary alicyclic amines) is 1. The standard InChI is InChI=1S/C18H24N4O/c23-16(15-13-20-17-19-10-12-21(17)14-15)22-11-6-5-9-18(22)7-3-1-2-4-8-18/h10,12-14H,1-9,11H2. The summed E-state index contributed by atoms with van der Waals surface area (Å²) in [7, 11) is 0. The van der Waals surface area contributed by atoms with E-state index in [9.17, 15) is 4.79 Å². The van der Waals surface area contributed by atoms with E-state index in [1.165, 1.54) is 51.4 Å². The average Bonchev–Trinajstić information content (AvgIpc) is 2.94. The van der Waals surface area contributed by atoms with Gasteiger partial charge in [-0.2, -0.15) is 0 Å². The van der Waals surface area contributed by atoms with Crippen LogP contribution in [0.15, 0.2) is 24.8 Å². The van der Waals surface area contributed by atoms with Gasteiger partial charge in [0.05, 0.1) is 5.56 Å². The SMILES string of the molecule is O=C(c1cnc2nccn2c1)N1CCCCC12CCCCCC2. The lowest BCUT2D eigenvalue weighted by Crippen LogP contribution is -2.54. The van der Waals surface area contributed by atoms with E-state index < -0.39 is 0 Å². The number of hydrogen-bond acceptors (Lipinski definition) is 3. The molecular formula is C18H24N4O. The minimum absolute atomic E-state index is 0.0930. The van der Waals surface area contributed by atoms with Gasteiger partial charge in [-0.15, -0.1) is 0 Å². The molecular weight excluding hydrogens is 288 g/mol. The number of carbonyl (C=O) groups excluding carboxylic acids is 1. The van der Waals surface area contributed by atoms with Gasteiger partial charge in [0.2, 0.25) is 5.78 Å². The molecule has 4 rings (SSSR count). The molecule has 0 atom stereocenters. The molecule has 122 valence electrons. The number of nitrogens with zero attached hydrogens (tertiary/aromatic N) is 4. The third-order valence-electron chi connectivity index (χ3n) is 5.62. The summed E-state index contributed by atoms with van der Waals surface area (Å²) in [4.78, 5) is 23.9. The Morgan fingerprint density at radius 3 is 2.52 bits per heavy atom. The zero-order chi connectivity index (χ0) is 15.7. The van der Waals surface area contributed by atoms with Crippen LogP contribution in [0, 0.1) is 0 Å². The molecule has 0 aromatic carbocycles. The van der Waals surface area contributed by atoms with E-state index in [0.29, 0.717) is 11.3 Å². The predicted molar refractivity (Wildman–Crippen MR) is 88.3 cm³/mol. The van der Waals surface area contributed by atoms with Crippen molar-refractivity contribution >= 4 is 11.7 Å². The number of hydrogen-bond donors (Lipinski definition) is 0. The third kappa shape index (κ3) is 2.62. The molecule has 1 aliphatic carbocycles. The number of rotatable bonds is 1. The second kappa shape index (κ2) is 5.95. The van der Waals surface area contributed by atoms with E-state index in [1.54, 1.807) is 12.4 Å². The fourth-order valence-electron chi connectivity index (χ4n) is 4.40. The maximum Gasteiger partial charge on any atom is 0.257 e. The Kier molecular flexibility index (Phi) is 3.79. The van der Waals surface area contributed by atoms with Gasteiger partial charge in [-0.3, -0.25) is 9.20 Å². The van der Waals surface area contributed by atoms with Crippen LogP contribution < -0.4 is 0 Å². The smallest absolute Gasteiger partial charge is 0.257 e. The van der Waals surface area contributed by atoms with Gasteiger partial charge in [0, 0.05) is 36.9 Å². The lowest BCUT2D eigenvalue weighted by molar-refractivity contribution is 0.0247. The predicted octanol–water partition coefficient (Wildman–Crippen LogP) is 3.45. The second-order valence-electron chi connectivity index (χ2n) is 7.03. The molecule has 1 amide bonds. The lowest BCUT2D eigenvalue weighted by Gasteiger charge is -2.47. The second-order valence-corrected chi connectivity index (χ2v) is 7.03. The zero-order valence-electron chi connectivity index (χ0n) is 13.6. The molecule has 5 heteroatoms. The van der Waals surface area contributed by atoms with Gasteiger partial charge in [0.1, 0.15) is 0 Å². The van der Waals surface area contributed by atoms with Crippen LogP contribution in [0.3, 0.4) is 0 Å². The topological polar surface area (TPSA) is 50.5 Å². The van der Waals surface area contributed by atoms with Crippen molar-refractivity contribution in [2.45, 2.75) is 63.3 Å². The van der Waals surface area contributed by atoms with E-state index in [0.717, 1.165) is 13.0 Å². The maximum atomic E-state index is 13.2. The van der Waals surface area contributed by atoms with Gasteiger partial charge in [0.15, 0.2) is 0 Å². The molecule has 1 saturated heterocycles. The summed E-state index contributed by atoms with van der Waals surface area (Å²) < 4.78 is 1.83. The quantitative estimate of drug-likeness (QED) is 0.810. The Bertz CT molecular complexity index is 700. The van der Waals surface area contributed by atoms with Crippen molar-refractivity contribution in [1.29, 1.82) is 0 Å². The van der Waals surface area contributed by atoms with Crippen LogP contribution in [0.25, 0.3) is 5.78 Å². The summed E-state index contributed by atoms with van der Waals surface area (Å²) in [5, 5.41) is 0. The number of carbonyl (C=O) groups is 1. The molecule has 2 fully saturated rings. The van der Waals surface area contributed by atoms with Gasteiger partial charge >= 0.3 is 0 Å². The van der Waals surface area contributed by atoms with Gasteiger partial charge in [-0.1, -0.05) is 25.7 Å². The van der Waals surface area contributed by atoms with Crippen LogP contribution >= 0.6 is 0 Å². The highest BCUT2D eigenvalue weighted by atomic mass is 16.2. The summed E-state index contributed by atoms with van der Waals surface area (Å²) in [5.41, 5.74) is 0.774. The van der Waals surface area contributed by atoms with Crippen molar-refractivity contribution in [3.63, 3.8) is 0 Å². The van der Waals surface area contributed by atoms with E-state index in [4.69, 9.17) is 0 Å². The Morgan fingerprint density at radius 1 is 1.00 bits per heavy atom. The Labute approximate surface area is 136 Å². The number of imidazole rings is 1. The van der Waals surface area contributed by atoms with Crippen molar-refractivity contribution in [3.05, 3.63) is 30.4 Å². The maximum absolute atomic E-state index is 13.2. The minimum Gasteiger partial charge on any atom is -0.333 e. The van der Waals surface area contributed by atoms with Crippen molar-refractivity contribution in [1.82, 2.24) is 19.3 Å². The van der Waals surface area contributed by atoms with Gasteiger partial charge in [0.25, 0.3) is 5.91 Å². The molecule has 3 heterocycles. The van der Waals surface area contributed by atoms with E-state index in [1.807, 2.05) is 16.8 Å². The van der Waals surface area contributed by atoms with E-state index in [2.05, 4.69) is 14.9 Å². The first-order chi connectivity index (χ1) is 11.3. The molecule has 5 nitrogen and oxygen atoms in total. The highest BCUT2D eigenvalue weighted by molar-refractivity contribution is 5.94. The molecule has 0 radical (unpaired) electrons. The summed E-state index contributed by atoms with van der Waals surface area (Å²) in [6, 6.07) is 0. The normalized spacial score (nSPS) is 21.5. The number of fused-ring (bicyclic) bond motifs is 1. The monoisotopic (exact) mass is 312 g/mol. The van der Waals surface area contributed by atoms with E-state index in [-0.39, 0.29) is 11.4 Å². The molecule has 0 bridgehead atoms. The first-order valence-electron chi connectivity index (χ1n) is 8.89.